The maximum Gasteiger partial charge on any atom is 0.135 e. The van der Waals surface area contributed by atoms with Crippen LogP contribution in [-0.2, 0) is 16.0 Å². The van der Waals surface area contributed by atoms with Crippen LogP contribution in [0.2, 0.25) is 0 Å². The molecule has 15 heavy (non-hydrogen) atoms. The molecule has 1 aromatic rings. The van der Waals surface area contributed by atoms with Crippen LogP contribution in [0.5, 0.6) is 0 Å². The molecule has 1 aromatic heterocycles. The normalized spacial score (nSPS) is 13.0. The second kappa shape index (κ2) is 6.55. The molecule has 0 saturated heterocycles. The van der Waals surface area contributed by atoms with Crippen molar-refractivity contribution in [3.63, 3.8) is 0 Å². The minimum absolute atomic E-state index is 0.0118. The largest absolute Gasteiger partial charge is 0.383 e. The number of aromatic amines is 1. The van der Waals surface area contributed by atoms with Gasteiger partial charge < -0.3 is 19.8 Å². The Labute approximate surface area is 90.2 Å². The molecule has 0 aliphatic heterocycles. The van der Waals surface area contributed by atoms with Crippen LogP contribution in [0.15, 0.2) is 6.20 Å². The van der Waals surface area contributed by atoms with Crippen molar-refractivity contribution in [3.8, 4) is 0 Å². The first-order valence-electron chi connectivity index (χ1n) is 5.04. The lowest BCUT2D eigenvalue weighted by molar-refractivity contribution is 0.112. The second-order valence-electron chi connectivity index (χ2n) is 3.34. The zero-order valence-corrected chi connectivity index (χ0v) is 9.54. The van der Waals surface area contributed by atoms with E-state index in [2.05, 4.69) is 15.3 Å². The van der Waals surface area contributed by atoms with E-state index < -0.39 is 0 Å². The van der Waals surface area contributed by atoms with Gasteiger partial charge in [0.2, 0.25) is 0 Å². The summed E-state index contributed by atoms with van der Waals surface area (Å²) >= 11 is 0. The Morgan fingerprint density at radius 1 is 1.53 bits per heavy atom. The molecule has 86 valence electrons. The van der Waals surface area contributed by atoms with Gasteiger partial charge in [-0.25, -0.2) is 4.98 Å². The second-order valence-corrected chi connectivity index (χ2v) is 3.34. The number of imidazole rings is 1. The van der Waals surface area contributed by atoms with Gasteiger partial charge in [0.25, 0.3) is 0 Å². The van der Waals surface area contributed by atoms with E-state index in [4.69, 9.17) is 9.47 Å². The fourth-order valence-corrected chi connectivity index (χ4v) is 1.18. The summed E-state index contributed by atoms with van der Waals surface area (Å²) in [6.45, 7) is 4.29. The highest BCUT2D eigenvalue weighted by Crippen LogP contribution is 2.10. The van der Waals surface area contributed by atoms with Crippen LogP contribution in [0.25, 0.3) is 0 Å². The first-order chi connectivity index (χ1) is 7.27. The minimum Gasteiger partial charge on any atom is -0.383 e. The highest BCUT2D eigenvalue weighted by Gasteiger charge is 2.07. The van der Waals surface area contributed by atoms with E-state index in [1.165, 1.54) is 0 Å². The summed E-state index contributed by atoms with van der Waals surface area (Å²) in [6.07, 6.45) is 1.84. The average molecular weight is 213 g/mol. The molecule has 2 N–H and O–H groups in total. The van der Waals surface area contributed by atoms with Gasteiger partial charge in [0.15, 0.2) is 0 Å². The molecule has 0 aliphatic carbocycles. The summed E-state index contributed by atoms with van der Waals surface area (Å²) in [6, 6.07) is 0. The number of H-pyrrole nitrogens is 1. The van der Waals surface area contributed by atoms with E-state index in [0.717, 1.165) is 31.2 Å². The summed E-state index contributed by atoms with van der Waals surface area (Å²) in [5, 5.41) is 3.24. The van der Waals surface area contributed by atoms with Crippen molar-refractivity contribution in [2.45, 2.75) is 19.6 Å². The van der Waals surface area contributed by atoms with Crippen LogP contribution in [0.1, 0.15) is 24.5 Å². The van der Waals surface area contributed by atoms with Crippen LogP contribution in [-0.4, -0.2) is 37.3 Å². The number of hydrogen-bond acceptors (Lipinski definition) is 4. The molecule has 0 spiro atoms. The third-order valence-electron chi connectivity index (χ3n) is 2.19. The molecule has 5 nitrogen and oxygen atoms in total. The van der Waals surface area contributed by atoms with Crippen molar-refractivity contribution in [2.75, 3.05) is 27.4 Å². The van der Waals surface area contributed by atoms with Crippen LogP contribution < -0.4 is 5.32 Å². The Hall–Kier alpha value is -0.910. The first kappa shape index (κ1) is 12.2. The van der Waals surface area contributed by atoms with E-state index in [-0.39, 0.29) is 6.10 Å². The summed E-state index contributed by atoms with van der Waals surface area (Å²) in [5.74, 6) is 0.862. The Morgan fingerprint density at radius 3 is 3.00 bits per heavy atom. The molecule has 1 atom stereocenters. The SMILES string of the molecule is COCCNCc1cnc(C(C)OC)[nH]1. The van der Waals surface area contributed by atoms with Gasteiger partial charge in [0.1, 0.15) is 11.9 Å². The molecule has 0 aromatic carbocycles. The number of aromatic nitrogens is 2. The fourth-order valence-electron chi connectivity index (χ4n) is 1.18. The quantitative estimate of drug-likeness (QED) is 0.659. The van der Waals surface area contributed by atoms with Crippen LogP contribution in [0, 0.1) is 0 Å². The Morgan fingerprint density at radius 2 is 2.33 bits per heavy atom. The van der Waals surface area contributed by atoms with Crippen LogP contribution >= 0.6 is 0 Å². The molecule has 0 radical (unpaired) electrons. The van der Waals surface area contributed by atoms with Gasteiger partial charge in [-0.1, -0.05) is 0 Å². The maximum atomic E-state index is 5.16. The van der Waals surface area contributed by atoms with Crippen LogP contribution in [0.3, 0.4) is 0 Å². The average Bonchev–Trinajstić information content (AvgIpc) is 2.72. The standard InChI is InChI=1S/C10H19N3O2/c1-8(15-3)10-12-7-9(13-10)6-11-4-5-14-2/h7-8,11H,4-6H2,1-3H3,(H,12,13). The van der Waals surface area contributed by atoms with Gasteiger partial charge in [-0.3, -0.25) is 0 Å². The van der Waals surface area contributed by atoms with E-state index in [9.17, 15) is 0 Å². The van der Waals surface area contributed by atoms with E-state index in [0.29, 0.717) is 0 Å². The zero-order valence-electron chi connectivity index (χ0n) is 9.54. The summed E-state index contributed by atoms with van der Waals surface area (Å²) in [4.78, 5) is 7.44. The fraction of sp³-hybridized carbons (Fsp3) is 0.700. The van der Waals surface area contributed by atoms with Crippen molar-refractivity contribution in [3.05, 3.63) is 17.7 Å². The van der Waals surface area contributed by atoms with Crippen molar-refractivity contribution in [2.24, 2.45) is 0 Å². The number of ether oxygens (including phenoxy) is 2. The van der Waals surface area contributed by atoms with Gasteiger partial charge in [-0.2, -0.15) is 0 Å². The molecule has 0 fully saturated rings. The molecule has 5 heteroatoms. The lowest BCUT2D eigenvalue weighted by Crippen LogP contribution is -2.18. The third kappa shape index (κ3) is 3.99. The van der Waals surface area contributed by atoms with Crippen molar-refractivity contribution < 1.29 is 9.47 Å². The maximum absolute atomic E-state index is 5.16. The monoisotopic (exact) mass is 213 g/mol. The van der Waals surface area contributed by atoms with E-state index in [1.54, 1.807) is 14.2 Å². The smallest absolute Gasteiger partial charge is 0.135 e. The van der Waals surface area contributed by atoms with E-state index >= 15 is 0 Å². The van der Waals surface area contributed by atoms with Gasteiger partial charge in [-0.15, -0.1) is 0 Å². The van der Waals surface area contributed by atoms with Gasteiger partial charge in [0, 0.05) is 39.2 Å². The number of methoxy groups -OCH3 is 2. The molecule has 0 aliphatic rings. The topological polar surface area (TPSA) is 59.2 Å². The summed E-state index contributed by atoms with van der Waals surface area (Å²) in [5.41, 5.74) is 1.06. The molecule has 1 unspecified atom stereocenters. The Kier molecular flexibility index (Phi) is 5.31. The molecule has 1 rings (SSSR count). The van der Waals surface area contributed by atoms with Gasteiger partial charge >= 0.3 is 0 Å². The third-order valence-corrected chi connectivity index (χ3v) is 2.19. The number of rotatable bonds is 7. The molecule has 1 heterocycles. The highest BCUT2D eigenvalue weighted by molar-refractivity contribution is 5.02. The van der Waals surface area contributed by atoms with Crippen molar-refractivity contribution >= 4 is 0 Å². The van der Waals surface area contributed by atoms with Gasteiger partial charge in [0.05, 0.1) is 6.61 Å². The molecular formula is C10H19N3O2. The van der Waals surface area contributed by atoms with Crippen molar-refractivity contribution in [1.82, 2.24) is 15.3 Å². The number of nitrogens with one attached hydrogen (secondary N) is 2. The predicted molar refractivity (Wildman–Crippen MR) is 57.6 cm³/mol. The molecule has 0 saturated carbocycles. The first-order valence-corrected chi connectivity index (χ1v) is 5.04. The lowest BCUT2D eigenvalue weighted by Gasteiger charge is -2.05. The molecular weight excluding hydrogens is 194 g/mol. The molecule has 0 amide bonds. The predicted octanol–water partition coefficient (Wildman–Crippen LogP) is 0.853. The minimum atomic E-state index is 0.0118. The highest BCUT2D eigenvalue weighted by atomic mass is 16.5. The van der Waals surface area contributed by atoms with Crippen molar-refractivity contribution in [1.29, 1.82) is 0 Å². The summed E-state index contributed by atoms with van der Waals surface area (Å²) < 4.78 is 10.1. The van der Waals surface area contributed by atoms with Crippen LogP contribution in [0.4, 0.5) is 0 Å². The molecule has 0 bridgehead atoms. The summed E-state index contributed by atoms with van der Waals surface area (Å²) in [7, 11) is 3.36. The van der Waals surface area contributed by atoms with E-state index in [1.807, 2.05) is 13.1 Å². The Bertz CT molecular complexity index is 275. The zero-order chi connectivity index (χ0) is 11.1. The van der Waals surface area contributed by atoms with Gasteiger partial charge in [-0.05, 0) is 6.92 Å². The lowest BCUT2D eigenvalue weighted by atomic mass is 10.4. The number of nitrogens with zero attached hydrogens (tertiary/aromatic N) is 1. The number of hydrogen-bond donors (Lipinski definition) is 2. The Balaban J connectivity index is 2.33.